The summed E-state index contributed by atoms with van der Waals surface area (Å²) in [6, 6.07) is 13.4. The second kappa shape index (κ2) is 6.52. The summed E-state index contributed by atoms with van der Waals surface area (Å²) in [7, 11) is 0. The van der Waals surface area contributed by atoms with Gasteiger partial charge in [-0.3, -0.25) is 5.43 Å². The number of nitrogens with zero attached hydrogens (tertiary/aromatic N) is 1. The van der Waals surface area contributed by atoms with Gasteiger partial charge in [0.05, 0.1) is 24.4 Å². The molecule has 1 aliphatic rings. The molecule has 0 aliphatic carbocycles. The highest BCUT2D eigenvalue weighted by Crippen LogP contribution is 2.33. The monoisotopic (exact) mass is 310 g/mol. The minimum absolute atomic E-state index is 0.324. The molecule has 2 aromatic rings. The Balaban J connectivity index is 2.11. The summed E-state index contributed by atoms with van der Waals surface area (Å²) < 4.78 is 10.7. The standard InChI is InChI=1S/C18H18N2O3/c1-3-22-18(21)15-12(2)19-20-17(14-10-7-11-23-14)16(15)13-8-5-4-6-9-13/h4-11,16,19H,3H2,1-2H3. The predicted molar refractivity (Wildman–Crippen MR) is 86.9 cm³/mol. The fourth-order valence-corrected chi connectivity index (χ4v) is 2.69. The lowest BCUT2D eigenvalue weighted by Gasteiger charge is -2.26. The first-order valence-electron chi connectivity index (χ1n) is 7.52. The van der Waals surface area contributed by atoms with Crippen LogP contribution >= 0.6 is 0 Å². The molecule has 118 valence electrons. The number of allylic oxidation sites excluding steroid dienone is 1. The van der Waals surface area contributed by atoms with Crippen LogP contribution in [0.2, 0.25) is 0 Å². The predicted octanol–water partition coefficient (Wildman–Crippen LogP) is 3.21. The summed E-state index contributed by atoms with van der Waals surface area (Å²) in [5, 5.41) is 4.41. The van der Waals surface area contributed by atoms with Crippen LogP contribution in [0, 0.1) is 0 Å². The van der Waals surface area contributed by atoms with Crippen molar-refractivity contribution in [1.82, 2.24) is 5.43 Å². The molecule has 0 saturated carbocycles. The van der Waals surface area contributed by atoms with E-state index in [4.69, 9.17) is 9.15 Å². The van der Waals surface area contributed by atoms with E-state index in [0.29, 0.717) is 29.3 Å². The van der Waals surface area contributed by atoms with Crippen LogP contribution < -0.4 is 5.43 Å². The average Bonchev–Trinajstić information content (AvgIpc) is 3.09. The van der Waals surface area contributed by atoms with E-state index in [1.807, 2.05) is 43.3 Å². The number of esters is 1. The van der Waals surface area contributed by atoms with Gasteiger partial charge in [-0.05, 0) is 31.5 Å². The SMILES string of the molecule is CCOC(=O)C1=C(C)NN=C(c2ccco2)C1c1ccccc1. The number of carbonyl (C=O) groups is 1. The molecular weight excluding hydrogens is 292 g/mol. The van der Waals surface area contributed by atoms with Crippen LogP contribution in [0.1, 0.15) is 31.1 Å². The maximum absolute atomic E-state index is 12.5. The minimum atomic E-state index is -0.342. The van der Waals surface area contributed by atoms with Crippen LogP contribution in [-0.2, 0) is 9.53 Å². The number of rotatable bonds is 4. The van der Waals surface area contributed by atoms with Crippen molar-refractivity contribution >= 4 is 11.7 Å². The zero-order valence-corrected chi connectivity index (χ0v) is 13.1. The van der Waals surface area contributed by atoms with Gasteiger partial charge in [0.25, 0.3) is 0 Å². The maximum Gasteiger partial charge on any atom is 0.336 e. The number of benzene rings is 1. The van der Waals surface area contributed by atoms with Crippen LogP contribution in [0.15, 0.2) is 69.5 Å². The molecule has 2 heterocycles. The normalized spacial score (nSPS) is 17.5. The second-order valence-electron chi connectivity index (χ2n) is 5.19. The Kier molecular flexibility index (Phi) is 4.28. The number of hydrazone groups is 1. The fourth-order valence-electron chi connectivity index (χ4n) is 2.69. The van der Waals surface area contributed by atoms with Crippen molar-refractivity contribution in [2.45, 2.75) is 19.8 Å². The highest BCUT2D eigenvalue weighted by molar-refractivity contribution is 6.11. The zero-order chi connectivity index (χ0) is 16.2. The van der Waals surface area contributed by atoms with Crippen molar-refractivity contribution in [3.63, 3.8) is 0 Å². The summed E-state index contributed by atoms with van der Waals surface area (Å²) in [5.41, 5.74) is 5.79. The molecule has 0 amide bonds. The summed E-state index contributed by atoms with van der Waals surface area (Å²) in [6.07, 6.45) is 1.59. The minimum Gasteiger partial charge on any atom is -0.463 e. The van der Waals surface area contributed by atoms with Crippen LogP contribution in [0.3, 0.4) is 0 Å². The smallest absolute Gasteiger partial charge is 0.336 e. The van der Waals surface area contributed by atoms with Gasteiger partial charge in [-0.1, -0.05) is 30.3 Å². The van der Waals surface area contributed by atoms with Gasteiger partial charge in [0, 0.05) is 5.70 Å². The third-order valence-electron chi connectivity index (χ3n) is 3.71. The first-order chi connectivity index (χ1) is 11.2. The molecule has 0 bridgehead atoms. The average molecular weight is 310 g/mol. The van der Waals surface area contributed by atoms with Crippen molar-refractivity contribution in [3.8, 4) is 0 Å². The van der Waals surface area contributed by atoms with Gasteiger partial charge in [0.2, 0.25) is 0 Å². The Bertz CT molecular complexity index is 746. The van der Waals surface area contributed by atoms with Gasteiger partial charge >= 0.3 is 5.97 Å². The van der Waals surface area contributed by atoms with E-state index in [9.17, 15) is 4.79 Å². The van der Waals surface area contributed by atoms with Gasteiger partial charge in [-0.2, -0.15) is 5.10 Å². The molecule has 0 radical (unpaired) electrons. The van der Waals surface area contributed by atoms with Crippen LogP contribution in [0.4, 0.5) is 0 Å². The molecule has 1 aromatic heterocycles. The summed E-state index contributed by atoms with van der Waals surface area (Å²) >= 11 is 0. The largest absolute Gasteiger partial charge is 0.463 e. The number of carbonyl (C=O) groups excluding carboxylic acids is 1. The van der Waals surface area contributed by atoms with Crippen molar-refractivity contribution in [3.05, 3.63) is 71.3 Å². The van der Waals surface area contributed by atoms with Gasteiger partial charge in [0.1, 0.15) is 5.71 Å². The van der Waals surface area contributed by atoms with Crippen molar-refractivity contribution in [2.24, 2.45) is 5.10 Å². The number of hydrogen-bond acceptors (Lipinski definition) is 5. The van der Waals surface area contributed by atoms with Gasteiger partial charge in [-0.15, -0.1) is 0 Å². The van der Waals surface area contributed by atoms with Crippen LogP contribution in [0.25, 0.3) is 0 Å². The Labute approximate surface area is 134 Å². The van der Waals surface area contributed by atoms with E-state index in [-0.39, 0.29) is 11.9 Å². The number of nitrogens with one attached hydrogen (secondary N) is 1. The maximum atomic E-state index is 12.5. The highest BCUT2D eigenvalue weighted by atomic mass is 16.5. The molecule has 0 saturated heterocycles. The molecule has 1 atom stereocenters. The van der Waals surface area contributed by atoms with Gasteiger partial charge < -0.3 is 9.15 Å². The van der Waals surface area contributed by atoms with E-state index in [1.54, 1.807) is 19.3 Å². The molecule has 23 heavy (non-hydrogen) atoms. The molecule has 0 fully saturated rings. The molecule has 1 aliphatic heterocycles. The molecule has 1 unspecified atom stereocenters. The first-order valence-corrected chi connectivity index (χ1v) is 7.52. The molecule has 5 heteroatoms. The van der Waals surface area contributed by atoms with E-state index in [2.05, 4.69) is 10.5 Å². The lowest BCUT2D eigenvalue weighted by atomic mass is 9.84. The van der Waals surface area contributed by atoms with E-state index < -0.39 is 0 Å². The number of hydrogen-bond donors (Lipinski definition) is 1. The van der Waals surface area contributed by atoms with Crippen LogP contribution in [-0.4, -0.2) is 18.3 Å². The van der Waals surface area contributed by atoms with Crippen molar-refractivity contribution in [2.75, 3.05) is 6.61 Å². The topological polar surface area (TPSA) is 63.8 Å². The quantitative estimate of drug-likeness (QED) is 0.881. The molecule has 1 aromatic carbocycles. The molecule has 5 nitrogen and oxygen atoms in total. The Morgan fingerprint density at radius 3 is 2.70 bits per heavy atom. The number of ether oxygens (including phenoxy) is 1. The Morgan fingerprint density at radius 2 is 2.04 bits per heavy atom. The van der Waals surface area contributed by atoms with Crippen molar-refractivity contribution < 1.29 is 13.9 Å². The Hall–Kier alpha value is -2.82. The van der Waals surface area contributed by atoms with Gasteiger partial charge in [0.15, 0.2) is 5.76 Å². The molecule has 0 spiro atoms. The summed E-state index contributed by atoms with van der Waals surface area (Å²) in [4.78, 5) is 12.5. The zero-order valence-electron chi connectivity index (χ0n) is 13.1. The first kappa shape index (κ1) is 15.1. The lowest BCUT2D eigenvalue weighted by molar-refractivity contribution is -0.138. The van der Waals surface area contributed by atoms with E-state index in [1.165, 1.54) is 0 Å². The molecule has 1 N–H and O–H groups in total. The lowest BCUT2D eigenvalue weighted by Crippen LogP contribution is -2.31. The van der Waals surface area contributed by atoms with E-state index >= 15 is 0 Å². The fraction of sp³-hybridized carbons (Fsp3) is 0.222. The summed E-state index contributed by atoms with van der Waals surface area (Å²) in [5.74, 6) is -0.0476. The molecule has 3 rings (SSSR count). The van der Waals surface area contributed by atoms with E-state index in [0.717, 1.165) is 5.56 Å². The Morgan fingerprint density at radius 1 is 1.26 bits per heavy atom. The molecular formula is C18H18N2O3. The summed E-state index contributed by atoms with van der Waals surface area (Å²) in [6.45, 7) is 3.94. The third kappa shape index (κ3) is 2.90. The highest BCUT2D eigenvalue weighted by Gasteiger charge is 2.35. The second-order valence-corrected chi connectivity index (χ2v) is 5.19. The third-order valence-corrected chi connectivity index (χ3v) is 3.71. The van der Waals surface area contributed by atoms with Gasteiger partial charge in [-0.25, -0.2) is 4.79 Å². The number of furan rings is 1. The van der Waals surface area contributed by atoms with Crippen LogP contribution in [0.5, 0.6) is 0 Å². The van der Waals surface area contributed by atoms with Crippen molar-refractivity contribution in [1.29, 1.82) is 0 Å².